The van der Waals surface area contributed by atoms with Crippen LogP contribution in [0.2, 0.25) is 0 Å². The predicted molar refractivity (Wildman–Crippen MR) is 63.9 cm³/mol. The maximum Gasteiger partial charge on any atom is 0.144 e. The molecule has 4 nitrogen and oxygen atoms in total. The van der Waals surface area contributed by atoms with E-state index in [-0.39, 0.29) is 12.4 Å². The summed E-state index contributed by atoms with van der Waals surface area (Å²) in [6, 6.07) is 4.19. The summed E-state index contributed by atoms with van der Waals surface area (Å²) < 4.78 is 23.0. The van der Waals surface area contributed by atoms with Crippen molar-refractivity contribution >= 4 is 5.69 Å². The molecule has 1 aromatic carbocycles. The van der Waals surface area contributed by atoms with Crippen LogP contribution in [0.4, 0.5) is 10.1 Å². The van der Waals surface area contributed by atoms with Crippen molar-refractivity contribution in [2.45, 2.75) is 13.0 Å². The van der Waals surface area contributed by atoms with Gasteiger partial charge in [-0.05, 0) is 19.1 Å². The number of aliphatic hydroxyl groups is 1. The van der Waals surface area contributed by atoms with Crippen LogP contribution in [0.5, 0.6) is 5.75 Å². The van der Waals surface area contributed by atoms with Crippen LogP contribution in [0, 0.1) is 5.82 Å². The Bertz CT molecular complexity index is 347. The number of nitrogens with one attached hydrogen (secondary N) is 1. The topological polar surface area (TPSA) is 50.7 Å². The highest BCUT2D eigenvalue weighted by molar-refractivity contribution is 5.56. The average molecular weight is 243 g/mol. The number of ether oxygens (including phenoxy) is 2. The van der Waals surface area contributed by atoms with E-state index in [4.69, 9.17) is 9.47 Å². The van der Waals surface area contributed by atoms with E-state index in [1.807, 2.05) is 6.92 Å². The molecule has 0 bridgehead atoms. The molecule has 5 heteroatoms. The molecule has 0 fully saturated rings. The van der Waals surface area contributed by atoms with E-state index < -0.39 is 6.10 Å². The highest BCUT2D eigenvalue weighted by Crippen LogP contribution is 2.24. The lowest BCUT2D eigenvalue weighted by Gasteiger charge is -2.14. The van der Waals surface area contributed by atoms with Crippen molar-refractivity contribution in [1.29, 1.82) is 0 Å². The minimum atomic E-state index is -0.607. The second-order valence-corrected chi connectivity index (χ2v) is 3.54. The number of hydrogen-bond donors (Lipinski definition) is 2. The molecule has 0 aromatic heterocycles. The SMILES string of the molecule is CCOCC(O)CNc1ccc(F)cc1OC. The van der Waals surface area contributed by atoms with Crippen molar-refractivity contribution in [3.05, 3.63) is 24.0 Å². The molecule has 0 spiro atoms. The average Bonchev–Trinajstić information content (AvgIpc) is 2.34. The smallest absolute Gasteiger partial charge is 0.144 e. The largest absolute Gasteiger partial charge is 0.494 e. The lowest BCUT2D eigenvalue weighted by atomic mass is 10.2. The second-order valence-electron chi connectivity index (χ2n) is 3.54. The van der Waals surface area contributed by atoms with Gasteiger partial charge in [-0.3, -0.25) is 0 Å². The van der Waals surface area contributed by atoms with E-state index in [2.05, 4.69) is 5.32 Å². The quantitative estimate of drug-likeness (QED) is 0.764. The highest BCUT2D eigenvalue weighted by atomic mass is 19.1. The summed E-state index contributed by atoms with van der Waals surface area (Å²) in [7, 11) is 1.47. The van der Waals surface area contributed by atoms with Crippen LogP contribution in [0.1, 0.15) is 6.92 Å². The number of hydrogen-bond acceptors (Lipinski definition) is 4. The van der Waals surface area contributed by atoms with Gasteiger partial charge in [-0.2, -0.15) is 0 Å². The van der Waals surface area contributed by atoms with Gasteiger partial charge in [0.1, 0.15) is 11.6 Å². The second kappa shape index (κ2) is 7.09. The van der Waals surface area contributed by atoms with E-state index in [1.54, 1.807) is 6.07 Å². The summed E-state index contributed by atoms with van der Waals surface area (Å²) in [4.78, 5) is 0. The standard InChI is InChI=1S/C12H18FNO3/c1-3-17-8-10(15)7-14-11-5-4-9(13)6-12(11)16-2/h4-6,10,14-15H,3,7-8H2,1-2H3. The molecule has 2 N–H and O–H groups in total. The number of rotatable bonds is 7. The first-order valence-corrected chi connectivity index (χ1v) is 5.50. The molecule has 1 aromatic rings. The van der Waals surface area contributed by atoms with Crippen LogP contribution in [-0.2, 0) is 4.74 Å². The molecular formula is C12H18FNO3. The third-order valence-electron chi connectivity index (χ3n) is 2.21. The Kier molecular flexibility index (Phi) is 5.72. The molecular weight excluding hydrogens is 225 g/mol. The summed E-state index contributed by atoms with van der Waals surface area (Å²) >= 11 is 0. The number of benzene rings is 1. The first kappa shape index (κ1) is 13.7. The fourth-order valence-corrected chi connectivity index (χ4v) is 1.35. The van der Waals surface area contributed by atoms with Gasteiger partial charge in [0.25, 0.3) is 0 Å². The highest BCUT2D eigenvalue weighted by Gasteiger charge is 2.07. The lowest BCUT2D eigenvalue weighted by molar-refractivity contribution is 0.0495. The lowest BCUT2D eigenvalue weighted by Crippen LogP contribution is -2.25. The summed E-state index contributed by atoms with van der Waals surface area (Å²) in [5, 5.41) is 12.5. The number of methoxy groups -OCH3 is 1. The van der Waals surface area contributed by atoms with Gasteiger partial charge in [-0.25, -0.2) is 4.39 Å². The molecule has 1 rings (SSSR count). The van der Waals surface area contributed by atoms with Gasteiger partial charge < -0.3 is 19.9 Å². The molecule has 1 atom stereocenters. The number of anilines is 1. The number of aliphatic hydroxyl groups excluding tert-OH is 1. The number of halogens is 1. The fourth-order valence-electron chi connectivity index (χ4n) is 1.35. The van der Waals surface area contributed by atoms with Gasteiger partial charge in [0.05, 0.1) is 25.5 Å². The van der Waals surface area contributed by atoms with Crippen LogP contribution in [0.25, 0.3) is 0 Å². The summed E-state index contributed by atoms with van der Waals surface area (Å²) in [6.07, 6.45) is -0.607. The van der Waals surface area contributed by atoms with Gasteiger partial charge in [0.2, 0.25) is 0 Å². The molecule has 0 aliphatic carbocycles. The van der Waals surface area contributed by atoms with Gasteiger partial charge in [-0.1, -0.05) is 0 Å². The predicted octanol–water partition coefficient (Wildman–Crippen LogP) is 1.64. The minimum absolute atomic E-state index is 0.271. The van der Waals surface area contributed by atoms with Crippen molar-refractivity contribution in [2.24, 2.45) is 0 Å². The first-order valence-electron chi connectivity index (χ1n) is 5.50. The molecule has 0 radical (unpaired) electrons. The van der Waals surface area contributed by atoms with Crippen LogP contribution < -0.4 is 10.1 Å². The fraction of sp³-hybridized carbons (Fsp3) is 0.500. The normalized spacial score (nSPS) is 12.2. The van der Waals surface area contributed by atoms with Gasteiger partial charge in [-0.15, -0.1) is 0 Å². The van der Waals surface area contributed by atoms with E-state index in [0.29, 0.717) is 24.6 Å². The van der Waals surface area contributed by atoms with Crippen molar-refractivity contribution in [2.75, 3.05) is 32.2 Å². The molecule has 0 aliphatic heterocycles. The van der Waals surface area contributed by atoms with E-state index in [0.717, 1.165) is 0 Å². The maximum absolute atomic E-state index is 12.9. The van der Waals surface area contributed by atoms with Gasteiger partial charge in [0, 0.05) is 19.2 Å². The zero-order chi connectivity index (χ0) is 12.7. The summed E-state index contributed by atoms with van der Waals surface area (Å²) in [6.45, 7) is 3.02. The Morgan fingerprint density at radius 3 is 2.88 bits per heavy atom. The monoisotopic (exact) mass is 243 g/mol. The summed E-state index contributed by atoms with van der Waals surface area (Å²) in [5.74, 6) is 0.0517. The van der Waals surface area contributed by atoms with E-state index in [1.165, 1.54) is 19.2 Å². The minimum Gasteiger partial charge on any atom is -0.494 e. The zero-order valence-corrected chi connectivity index (χ0v) is 10.1. The van der Waals surface area contributed by atoms with Gasteiger partial charge in [0.15, 0.2) is 0 Å². The Morgan fingerprint density at radius 1 is 1.47 bits per heavy atom. The van der Waals surface area contributed by atoms with Crippen molar-refractivity contribution < 1.29 is 19.0 Å². The Hall–Kier alpha value is -1.33. The zero-order valence-electron chi connectivity index (χ0n) is 10.1. The Labute approximate surface area is 100 Å². The first-order chi connectivity index (χ1) is 8.17. The van der Waals surface area contributed by atoms with E-state index >= 15 is 0 Å². The molecule has 0 heterocycles. The Morgan fingerprint density at radius 2 is 2.24 bits per heavy atom. The molecule has 1 unspecified atom stereocenters. The molecule has 0 amide bonds. The third kappa shape index (κ3) is 4.58. The van der Waals surface area contributed by atoms with Crippen LogP contribution in [-0.4, -0.2) is 38.1 Å². The van der Waals surface area contributed by atoms with Crippen molar-refractivity contribution in [3.8, 4) is 5.75 Å². The maximum atomic E-state index is 12.9. The Balaban J connectivity index is 2.50. The van der Waals surface area contributed by atoms with Crippen LogP contribution in [0.3, 0.4) is 0 Å². The molecule has 0 aliphatic rings. The molecule has 17 heavy (non-hydrogen) atoms. The third-order valence-corrected chi connectivity index (χ3v) is 2.21. The molecule has 0 saturated carbocycles. The van der Waals surface area contributed by atoms with Gasteiger partial charge >= 0.3 is 0 Å². The summed E-state index contributed by atoms with van der Waals surface area (Å²) in [5.41, 5.74) is 0.643. The molecule has 96 valence electrons. The molecule has 0 saturated heterocycles. The van der Waals surface area contributed by atoms with Crippen LogP contribution in [0.15, 0.2) is 18.2 Å². The van der Waals surface area contributed by atoms with Crippen molar-refractivity contribution in [3.63, 3.8) is 0 Å². The van der Waals surface area contributed by atoms with Crippen molar-refractivity contribution in [1.82, 2.24) is 0 Å². The van der Waals surface area contributed by atoms with Crippen LogP contribution >= 0.6 is 0 Å². The van der Waals surface area contributed by atoms with E-state index in [9.17, 15) is 9.50 Å².